The highest BCUT2D eigenvalue weighted by atomic mass is 32.2. The van der Waals surface area contributed by atoms with Gasteiger partial charge in [-0.3, -0.25) is 4.98 Å². The highest BCUT2D eigenvalue weighted by Gasteiger charge is 2.05. The van der Waals surface area contributed by atoms with Gasteiger partial charge in [-0.05, 0) is 43.2 Å². The lowest BCUT2D eigenvalue weighted by atomic mass is 10.2. The van der Waals surface area contributed by atoms with Gasteiger partial charge < -0.3 is 4.74 Å². The number of hydrogen-bond donors (Lipinski definition) is 0. The second-order valence-corrected chi connectivity index (χ2v) is 4.26. The van der Waals surface area contributed by atoms with E-state index in [4.69, 9.17) is 10.00 Å². The molecule has 0 saturated heterocycles. The second kappa shape index (κ2) is 8.59. The lowest BCUT2D eigenvalue weighted by Crippen LogP contribution is -2.06. The van der Waals surface area contributed by atoms with Crippen LogP contribution in [0.3, 0.4) is 0 Å². The van der Waals surface area contributed by atoms with Gasteiger partial charge >= 0.3 is 5.97 Å². The van der Waals surface area contributed by atoms with Crippen molar-refractivity contribution in [1.29, 1.82) is 5.26 Å². The van der Waals surface area contributed by atoms with Gasteiger partial charge in [-0.2, -0.15) is 5.26 Å². The van der Waals surface area contributed by atoms with Crippen LogP contribution in [0.5, 0.6) is 0 Å². The van der Waals surface area contributed by atoms with E-state index in [2.05, 4.69) is 4.98 Å². The summed E-state index contributed by atoms with van der Waals surface area (Å²) in [5, 5.41) is 10.3. The molecule has 5 heteroatoms. The van der Waals surface area contributed by atoms with Crippen LogP contribution in [0.15, 0.2) is 24.5 Å². The molecule has 90 valence electrons. The van der Waals surface area contributed by atoms with Crippen LogP contribution in [0.4, 0.5) is 0 Å². The van der Waals surface area contributed by atoms with Gasteiger partial charge in [0.15, 0.2) is 0 Å². The van der Waals surface area contributed by atoms with Crippen molar-refractivity contribution < 1.29 is 9.53 Å². The van der Waals surface area contributed by atoms with E-state index in [1.165, 1.54) is 18.0 Å². The first-order chi connectivity index (χ1) is 8.34. The lowest BCUT2D eigenvalue weighted by Gasteiger charge is -2.03. The molecule has 0 spiro atoms. The van der Waals surface area contributed by atoms with Crippen molar-refractivity contribution in [2.45, 2.75) is 19.3 Å². The Labute approximate surface area is 105 Å². The second-order valence-electron chi connectivity index (χ2n) is 3.38. The van der Waals surface area contributed by atoms with E-state index in [0.29, 0.717) is 12.2 Å². The third-order valence-electron chi connectivity index (χ3n) is 2.09. The van der Waals surface area contributed by atoms with E-state index in [1.54, 1.807) is 18.3 Å². The fraction of sp³-hybridized carbons (Fsp3) is 0.417. The van der Waals surface area contributed by atoms with Crippen LogP contribution >= 0.6 is 11.8 Å². The monoisotopic (exact) mass is 250 g/mol. The molecule has 0 radical (unpaired) electrons. The van der Waals surface area contributed by atoms with Crippen LogP contribution in [0, 0.1) is 10.7 Å². The van der Waals surface area contributed by atoms with Gasteiger partial charge in [0.05, 0.1) is 12.2 Å². The van der Waals surface area contributed by atoms with Crippen LogP contribution in [-0.4, -0.2) is 23.3 Å². The van der Waals surface area contributed by atoms with Gasteiger partial charge in [0.1, 0.15) is 5.40 Å². The van der Waals surface area contributed by atoms with Crippen molar-refractivity contribution >= 4 is 17.7 Å². The number of nitriles is 1. The number of pyridine rings is 1. The number of carbonyl (C=O) groups is 1. The minimum Gasteiger partial charge on any atom is -0.462 e. The molecule has 0 aliphatic heterocycles. The predicted molar refractivity (Wildman–Crippen MR) is 66.4 cm³/mol. The number of hydrogen-bond acceptors (Lipinski definition) is 5. The number of esters is 1. The normalized spacial score (nSPS) is 9.59. The van der Waals surface area contributed by atoms with Crippen molar-refractivity contribution in [3.63, 3.8) is 0 Å². The first kappa shape index (κ1) is 13.5. The predicted octanol–water partition coefficient (Wildman–Crippen LogP) is 2.62. The molecular formula is C12H14N2O2S. The van der Waals surface area contributed by atoms with E-state index in [0.717, 1.165) is 25.0 Å². The molecule has 0 saturated carbocycles. The first-order valence-electron chi connectivity index (χ1n) is 5.42. The molecule has 1 rings (SSSR count). The number of aromatic nitrogens is 1. The van der Waals surface area contributed by atoms with Gasteiger partial charge in [-0.1, -0.05) is 0 Å². The zero-order chi connectivity index (χ0) is 12.3. The number of unbranched alkanes of at least 4 members (excludes halogenated alkanes) is 2. The molecule has 17 heavy (non-hydrogen) atoms. The van der Waals surface area contributed by atoms with Crippen molar-refractivity contribution in [3.05, 3.63) is 30.1 Å². The third kappa shape index (κ3) is 5.93. The van der Waals surface area contributed by atoms with Crippen LogP contribution < -0.4 is 0 Å². The average Bonchev–Trinajstić information content (AvgIpc) is 2.38. The quantitative estimate of drug-likeness (QED) is 0.423. The Morgan fingerprint density at radius 1 is 1.47 bits per heavy atom. The zero-order valence-electron chi connectivity index (χ0n) is 9.46. The summed E-state index contributed by atoms with van der Waals surface area (Å²) in [5.74, 6) is 0.511. The highest BCUT2D eigenvalue weighted by Crippen LogP contribution is 2.05. The maximum absolute atomic E-state index is 11.5. The van der Waals surface area contributed by atoms with Crippen LogP contribution in [0.2, 0.25) is 0 Å². The van der Waals surface area contributed by atoms with Gasteiger partial charge in [-0.25, -0.2) is 4.79 Å². The average molecular weight is 250 g/mol. The summed E-state index contributed by atoms with van der Waals surface area (Å²) in [6.45, 7) is 0.422. The topological polar surface area (TPSA) is 63.0 Å². The molecule has 0 amide bonds. The fourth-order valence-electron chi connectivity index (χ4n) is 1.23. The molecule has 0 atom stereocenters. The molecule has 0 aliphatic carbocycles. The van der Waals surface area contributed by atoms with E-state index < -0.39 is 0 Å². The summed E-state index contributed by atoms with van der Waals surface area (Å²) in [4.78, 5) is 15.3. The Balaban J connectivity index is 2.07. The SMILES string of the molecule is N#CSCCCCCOC(=O)c1cccnc1. The molecular weight excluding hydrogens is 236 g/mol. The van der Waals surface area contributed by atoms with Gasteiger partial charge in [0, 0.05) is 18.1 Å². The summed E-state index contributed by atoms with van der Waals surface area (Å²) < 4.78 is 5.08. The smallest absolute Gasteiger partial charge is 0.339 e. The molecule has 1 heterocycles. The first-order valence-corrected chi connectivity index (χ1v) is 6.41. The van der Waals surface area contributed by atoms with Crippen LogP contribution in [0.25, 0.3) is 0 Å². The Kier molecular flexibility index (Phi) is 6.84. The molecule has 0 unspecified atom stereocenters. The van der Waals surface area contributed by atoms with Crippen molar-refractivity contribution in [3.8, 4) is 5.40 Å². The van der Waals surface area contributed by atoms with Crippen molar-refractivity contribution in [2.24, 2.45) is 0 Å². The summed E-state index contributed by atoms with van der Waals surface area (Å²) in [7, 11) is 0. The van der Waals surface area contributed by atoms with Crippen LogP contribution in [-0.2, 0) is 4.74 Å². The molecule has 1 aromatic rings. The Hall–Kier alpha value is -1.54. The zero-order valence-corrected chi connectivity index (χ0v) is 10.3. The van der Waals surface area contributed by atoms with Gasteiger partial charge in [0.25, 0.3) is 0 Å². The summed E-state index contributed by atoms with van der Waals surface area (Å²) in [5.41, 5.74) is 0.479. The molecule has 0 aromatic carbocycles. The van der Waals surface area contributed by atoms with Crippen molar-refractivity contribution in [2.75, 3.05) is 12.4 Å². The maximum atomic E-state index is 11.5. The Morgan fingerprint density at radius 2 is 2.35 bits per heavy atom. The summed E-state index contributed by atoms with van der Waals surface area (Å²) in [6, 6.07) is 3.38. The maximum Gasteiger partial charge on any atom is 0.339 e. The molecule has 1 aromatic heterocycles. The summed E-state index contributed by atoms with van der Waals surface area (Å²) in [6.07, 6.45) is 5.88. The Bertz CT molecular complexity index is 376. The third-order valence-corrected chi connectivity index (χ3v) is 2.71. The van der Waals surface area contributed by atoms with Gasteiger partial charge in [-0.15, -0.1) is 0 Å². The van der Waals surface area contributed by atoms with E-state index in [1.807, 2.05) is 5.40 Å². The molecule has 0 bridgehead atoms. The standard InChI is InChI=1S/C12H14N2O2S/c13-10-17-8-3-1-2-7-16-12(15)11-5-4-6-14-9-11/h4-6,9H,1-3,7-8H2. The number of thiocyanates is 1. The molecule has 0 N–H and O–H groups in total. The van der Waals surface area contributed by atoms with E-state index in [9.17, 15) is 4.79 Å². The van der Waals surface area contributed by atoms with E-state index in [-0.39, 0.29) is 5.97 Å². The van der Waals surface area contributed by atoms with Crippen LogP contribution in [0.1, 0.15) is 29.6 Å². The Morgan fingerprint density at radius 3 is 3.06 bits per heavy atom. The van der Waals surface area contributed by atoms with E-state index >= 15 is 0 Å². The molecule has 0 aliphatic rings. The van der Waals surface area contributed by atoms with Gasteiger partial charge in [0.2, 0.25) is 0 Å². The summed E-state index contributed by atoms with van der Waals surface area (Å²) >= 11 is 1.26. The van der Waals surface area contributed by atoms with Crippen molar-refractivity contribution in [1.82, 2.24) is 4.98 Å². The minimum atomic E-state index is -0.329. The number of carbonyl (C=O) groups excluding carboxylic acids is 1. The highest BCUT2D eigenvalue weighted by molar-refractivity contribution is 8.03. The number of thioether (sulfide) groups is 1. The minimum absolute atomic E-state index is 0.329. The molecule has 4 nitrogen and oxygen atoms in total. The lowest BCUT2D eigenvalue weighted by molar-refractivity contribution is 0.0498. The number of rotatable bonds is 7. The largest absolute Gasteiger partial charge is 0.462 e. The number of ether oxygens (including phenoxy) is 1. The molecule has 0 fully saturated rings. The number of nitrogens with zero attached hydrogens (tertiary/aromatic N) is 2. The fourth-order valence-corrected chi connectivity index (χ4v) is 1.67.